The lowest BCUT2D eigenvalue weighted by Gasteiger charge is -2.19. The Morgan fingerprint density at radius 3 is 2.47 bits per heavy atom. The van der Waals surface area contributed by atoms with E-state index in [4.69, 9.17) is 0 Å². The monoisotopic (exact) mass is 276 g/mol. The summed E-state index contributed by atoms with van der Waals surface area (Å²) in [4.78, 5) is 13.9. The molecule has 0 aliphatic carbocycles. The maximum absolute atomic E-state index is 10.6. The van der Waals surface area contributed by atoms with E-state index in [-0.39, 0.29) is 10.6 Å². The third kappa shape index (κ3) is 3.87. The minimum absolute atomic E-state index is 0.144. The predicted molar refractivity (Wildman–Crippen MR) is 77.2 cm³/mol. The van der Waals surface area contributed by atoms with Crippen LogP contribution in [0.2, 0.25) is 0 Å². The van der Waals surface area contributed by atoms with Gasteiger partial charge in [0.25, 0.3) is 5.69 Å². The van der Waals surface area contributed by atoms with Gasteiger partial charge in [-0.1, -0.05) is 25.1 Å². The number of hydrogen-bond donors (Lipinski definition) is 0. The molecule has 0 radical (unpaired) electrons. The number of non-ortho nitro benzene ring substituents is 1. The molecule has 0 bridgehead atoms. The highest BCUT2D eigenvalue weighted by Gasteiger charge is 2.08. The molecule has 100 valence electrons. The Labute approximate surface area is 116 Å². The molecule has 0 amide bonds. The number of nitro groups is 1. The summed E-state index contributed by atoms with van der Waals surface area (Å²) in [5.41, 5.74) is 1.24. The summed E-state index contributed by atoms with van der Waals surface area (Å²) < 4.78 is 0. The first-order valence-electron chi connectivity index (χ1n) is 6.17. The zero-order valence-electron chi connectivity index (χ0n) is 10.8. The molecule has 0 aliphatic heterocycles. The lowest BCUT2D eigenvalue weighted by Crippen LogP contribution is -2.21. The van der Waals surface area contributed by atoms with Crippen LogP contribution in [0.3, 0.4) is 0 Å². The molecular weight excluding hydrogens is 260 g/mol. The Morgan fingerprint density at radius 1 is 1.21 bits per heavy atom. The van der Waals surface area contributed by atoms with Gasteiger partial charge in [-0.05, 0) is 23.6 Å². The Bertz CT molecular complexity index is 523. The highest BCUT2D eigenvalue weighted by atomic mass is 32.1. The molecule has 4 nitrogen and oxygen atoms in total. The van der Waals surface area contributed by atoms with Crippen molar-refractivity contribution in [2.24, 2.45) is 0 Å². The Morgan fingerprint density at radius 2 is 1.95 bits per heavy atom. The lowest BCUT2D eigenvalue weighted by atomic mass is 10.2. The van der Waals surface area contributed by atoms with Gasteiger partial charge >= 0.3 is 0 Å². The summed E-state index contributed by atoms with van der Waals surface area (Å²) in [5.74, 6) is 0. The molecule has 5 heteroatoms. The molecule has 0 saturated heterocycles. The average molecular weight is 276 g/mol. The summed E-state index contributed by atoms with van der Waals surface area (Å²) in [5, 5.41) is 12.7. The molecule has 0 spiro atoms. The van der Waals surface area contributed by atoms with Crippen molar-refractivity contribution in [2.45, 2.75) is 20.0 Å². The van der Waals surface area contributed by atoms with Crippen LogP contribution in [-0.4, -0.2) is 16.4 Å². The van der Waals surface area contributed by atoms with E-state index in [2.05, 4.69) is 29.3 Å². The van der Waals surface area contributed by atoms with Crippen molar-refractivity contribution in [3.8, 4) is 0 Å². The lowest BCUT2D eigenvalue weighted by molar-refractivity contribution is -0.384. The second-order valence-corrected chi connectivity index (χ2v) is 5.34. The first-order valence-corrected chi connectivity index (χ1v) is 7.05. The fourth-order valence-corrected chi connectivity index (χ4v) is 2.63. The first kappa shape index (κ1) is 13.7. The number of nitrogens with zero attached hydrogens (tertiary/aromatic N) is 2. The Hall–Kier alpha value is -1.72. The number of rotatable bonds is 6. The van der Waals surface area contributed by atoms with Crippen LogP contribution in [0.15, 0.2) is 41.8 Å². The summed E-state index contributed by atoms with van der Waals surface area (Å²) in [6.45, 7) is 4.81. The standard InChI is InChI=1S/C14H16N2O2S/c1-2-15(11-14-4-3-9-19-14)10-12-5-7-13(8-6-12)16(17)18/h3-9H,2,10-11H2,1H3. The molecule has 0 aliphatic rings. The van der Waals surface area contributed by atoms with Gasteiger partial charge < -0.3 is 0 Å². The van der Waals surface area contributed by atoms with Crippen LogP contribution in [-0.2, 0) is 13.1 Å². The van der Waals surface area contributed by atoms with E-state index in [1.54, 1.807) is 23.5 Å². The van der Waals surface area contributed by atoms with Gasteiger partial charge in [-0.3, -0.25) is 15.0 Å². The number of nitro benzene ring substituents is 1. The largest absolute Gasteiger partial charge is 0.294 e. The minimum Gasteiger partial charge on any atom is -0.294 e. The molecule has 0 saturated carbocycles. The van der Waals surface area contributed by atoms with Gasteiger partial charge in [0.1, 0.15) is 0 Å². The number of benzene rings is 1. The van der Waals surface area contributed by atoms with Crippen LogP contribution >= 0.6 is 11.3 Å². The van der Waals surface area contributed by atoms with E-state index in [1.807, 2.05) is 12.1 Å². The van der Waals surface area contributed by atoms with E-state index >= 15 is 0 Å². The summed E-state index contributed by atoms with van der Waals surface area (Å²) in [6.07, 6.45) is 0. The molecule has 1 aromatic carbocycles. The van der Waals surface area contributed by atoms with Gasteiger partial charge in [-0.25, -0.2) is 0 Å². The van der Waals surface area contributed by atoms with E-state index in [0.29, 0.717) is 0 Å². The highest BCUT2D eigenvalue weighted by molar-refractivity contribution is 7.09. The van der Waals surface area contributed by atoms with Crippen molar-refractivity contribution in [3.05, 3.63) is 62.3 Å². The molecule has 0 N–H and O–H groups in total. The maximum atomic E-state index is 10.6. The molecule has 0 fully saturated rings. The van der Waals surface area contributed by atoms with Gasteiger partial charge in [0, 0.05) is 30.1 Å². The van der Waals surface area contributed by atoms with Gasteiger partial charge in [-0.15, -0.1) is 11.3 Å². The van der Waals surface area contributed by atoms with Gasteiger partial charge in [0.15, 0.2) is 0 Å². The van der Waals surface area contributed by atoms with Crippen molar-refractivity contribution in [1.82, 2.24) is 4.90 Å². The molecular formula is C14H16N2O2S. The topological polar surface area (TPSA) is 46.4 Å². The van der Waals surface area contributed by atoms with Crippen molar-refractivity contribution < 1.29 is 4.92 Å². The summed E-state index contributed by atoms with van der Waals surface area (Å²) in [7, 11) is 0. The van der Waals surface area contributed by atoms with E-state index in [9.17, 15) is 10.1 Å². The molecule has 1 aromatic heterocycles. The smallest absolute Gasteiger partial charge is 0.269 e. The predicted octanol–water partition coefficient (Wildman–Crippen LogP) is 3.68. The first-order chi connectivity index (χ1) is 9.19. The van der Waals surface area contributed by atoms with Gasteiger partial charge in [-0.2, -0.15) is 0 Å². The second-order valence-electron chi connectivity index (χ2n) is 4.31. The fraction of sp³-hybridized carbons (Fsp3) is 0.286. The Balaban J connectivity index is 1.99. The van der Waals surface area contributed by atoms with Crippen molar-refractivity contribution in [2.75, 3.05) is 6.54 Å². The van der Waals surface area contributed by atoms with Crippen LogP contribution in [0.1, 0.15) is 17.4 Å². The van der Waals surface area contributed by atoms with Crippen molar-refractivity contribution >= 4 is 17.0 Å². The van der Waals surface area contributed by atoms with E-state index in [0.717, 1.165) is 25.2 Å². The molecule has 1 heterocycles. The summed E-state index contributed by atoms with van der Waals surface area (Å²) >= 11 is 1.75. The normalized spacial score (nSPS) is 10.8. The average Bonchev–Trinajstić information content (AvgIpc) is 2.91. The molecule has 0 unspecified atom stereocenters. The molecule has 0 atom stereocenters. The molecule has 2 rings (SSSR count). The second kappa shape index (κ2) is 6.45. The van der Waals surface area contributed by atoms with Crippen LogP contribution in [0.4, 0.5) is 5.69 Å². The number of thiophene rings is 1. The molecule has 2 aromatic rings. The third-order valence-corrected chi connectivity index (χ3v) is 3.82. The van der Waals surface area contributed by atoms with E-state index in [1.165, 1.54) is 4.88 Å². The zero-order chi connectivity index (χ0) is 13.7. The third-order valence-electron chi connectivity index (χ3n) is 2.96. The quantitative estimate of drug-likeness (QED) is 0.597. The van der Waals surface area contributed by atoms with Crippen LogP contribution < -0.4 is 0 Å². The molecule has 19 heavy (non-hydrogen) atoms. The van der Waals surface area contributed by atoms with Crippen LogP contribution in [0.5, 0.6) is 0 Å². The summed E-state index contributed by atoms with van der Waals surface area (Å²) in [6, 6.07) is 11.0. The van der Waals surface area contributed by atoms with Gasteiger partial charge in [0.2, 0.25) is 0 Å². The number of hydrogen-bond acceptors (Lipinski definition) is 4. The van der Waals surface area contributed by atoms with E-state index < -0.39 is 0 Å². The van der Waals surface area contributed by atoms with Gasteiger partial charge in [0.05, 0.1) is 4.92 Å². The van der Waals surface area contributed by atoms with Crippen molar-refractivity contribution in [1.29, 1.82) is 0 Å². The van der Waals surface area contributed by atoms with Crippen LogP contribution in [0, 0.1) is 10.1 Å². The maximum Gasteiger partial charge on any atom is 0.269 e. The Kier molecular flexibility index (Phi) is 4.65. The highest BCUT2D eigenvalue weighted by Crippen LogP contribution is 2.16. The van der Waals surface area contributed by atoms with Crippen molar-refractivity contribution in [3.63, 3.8) is 0 Å². The zero-order valence-corrected chi connectivity index (χ0v) is 11.6. The fourth-order valence-electron chi connectivity index (χ4n) is 1.88. The van der Waals surface area contributed by atoms with Crippen LogP contribution in [0.25, 0.3) is 0 Å². The SMILES string of the molecule is CCN(Cc1ccc([N+](=O)[O-])cc1)Cc1cccs1. The minimum atomic E-state index is -0.368.